The second-order valence-corrected chi connectivity index (χ2v) is 4.59. The maximum absolute atomic E-state index is 11.2. The van der Waals surface area contributed by atoms with Crippen LogP contribution in [0.25, 0.3) is 0 Å². The van der Waals surface area contributed by atoms with Gasteiger partial charge in [-0.2, -0.15) is 0 Å². The minimum atomic E-state index is -0.113. The van der Waals surface area contributed by atoms with Crippen molar-refractivity contribution in [3.63, 3.8) is 0 Å². The number of hydrogen-bond acceptors (Lipinski definition) is 3. The first-order valence-electron chi connectivity index (χ1n) is 6.43. The average Bonchev–Trinajstić information content (AvgIpc) is 2.29. The third kappa shape index (κ3) is 4.13. The molecule has 0 saturated heterocycles. The topological polar surface area (TPSA) is 64.3 Å². The van der Waals surface area contributed by atoms with Crippen LogP contribution in [0.1, 0.15) is 40.0 Å². The molecule has 0 aromatic carbocycles. The molecule has 1 aliphatic carbocycles. The summed E-state index contributed by atoms with van der Waals surface area (Å²) in [6.07, 6.45) is 6.91. The lowest BCUT2D eigenvalue weighted by molar-refractivity contribution is -0.121. The summed E-state index contributed by atoms with van der Waals surface area (Å²) in [5.41, 5.74) is 6.03. The van der Waals surface area contributed by atoms with E-state index in [1.807, 2.05) is 12.2 Å². The molecule has 3 N–H and O–H groups in total. The number of amides is 1. The molecule has 1 aliphatic rings. The molecule has 4 nitrogen and oxygen atoms in total. The van der Waals surface area contributed by atoms with Crippen molar-refractivity contribution < 1.29 is 9.53 Å². The fourth-order valence-corrected chi connectivity index (χ4v) is 2.14. The molecule has 0 radical (unpaired) electrons. The first-order chi connectivity index (χ1) is 8.08. The minimum absolute atomic E-state index is 0.0566. The van der Waals surface area contributed by atoms with Gasteiger partial charge in [-0.1, -0.05) is 26.0 Å². The van der Waals surface area contributed by atoms with E-state index < -0.39 is 0 Å². The fourth-order valence-electron chi connectivity index (χ4n) is 2.14. The van der Waals surface area contributed by atoms with Crippen molar-refractivity contribution in [1.29, 1.82) is 0 Å². The Morgan fingerprint density at radius 3 is 2.71 bits per heavy atom. The molecule has 0 aliphatic heterocycles. The number of carbonyl (C=O) groups is 1. The van der Waals surface area contributed by atoms with Crippen LogP contribution in [0.5, 0.6) is 0 Å². The molecule has 0 aromatic heterocycles. The molecule has 0 aromatic rings. The van der Waals surface area contributed by atoms with Crippen LogP contribution in [0, 0.1) is 0 Å². The van der Waals surface area contributed by atoms with Gasteiger partial charge >= 0.3 is 0 Å². The number of carbonyl (C=O) groups excluding carboxylic acids is 1. The van der Waals surface area contributed by atoms with E-state index in [1.54, 1.807) is 0 Å². The number of rotatable bonds is 5. The Labute approximate surface area is 104 Å². The van der Waals surface area contributed by atoms with E-state index in [4.69, 9.17) is 10.5 Å². The lowest BCUT2D eigenvalue weighted by Crippen LogP contribution is -2.55. The zero-order valence-electron chi connectivity index (χ0n) is 11.0. The zero-order valence-corrected chi connectivity index (χ0v) is 11.0. The molecule has 0 heterocycles. The summed E-state index contributed by atoms with van der Waals surface area (Å²) in [7, 11) is 0. The molecule has 4 heteroatoms. The van der Waals surface area contributed by atoms with Crippen LogP contribution in [-0.2, 0) is 9.53 Å². The third-order valence-corrected chi connectivity index (χ3v) is 3.18. The smallest absolute Gasteiger partial charge is 0.217 e. The number of ether oxygens (including phenoxy) is 1. The van der Waals surface area contributed by atoms with Crippen LogP contribution in [0.3, 0.4) is 0 Å². The van der Waals surface area contributed by atoms with Gasteiger partial charge in [0.05, 0.1) is 18.2 Å². The molecule has 0 fully saturated rings. The van der Waals surface area contributed by atoms with Crippen LogP contribution in [-0.4, -0.2) is 30.2 Å². The maximum Gasteiger partial charge on any atom is 0.217 e. The molecule has 17 heavy (non-hydrogen) atoms. The van der Waals surface area contributed by atoms with Gasteiger partial charge in [0.25, 0.3) is 0 Å². The Morgan fingerprint density at radius 2 is 2.18 bits per heavy atom. The lowest BCUT2D eigenvalue weighted by atomic mass is 9.93. The molecule has 3 unspecified atom stereocenters. The monoisotopic (exact) mass is 240 g/mol. The van der Waals surface area contributed by atoms with Crippen molar-refractivity contribution in [2.75, 3.05) is 0 Å². The average molecular weight is 240 g/mol. The van der Waals surface area contributed by atoms with E-state index in [-0.39, 0.29) is 30.2 Å². The van der Waals surface area contributed by atoms with Gasteiger partial charge in [-0.15, -0.1) is 0 Å². The SMILES string of the molecule is CCC(CC)OC1C=CCC(N)C1NC(C)=O. The fraction of sp³-hybridized carbons (Fsp3) is 0.769. The highest BCUT2D eigenvalue weighted by atomic mass is 16.5. The second kappa shape index (κ2) is 6.77. The molecule has 0 bridgehead atoms. The Kier molecular flexibility index (Phi) is 5.65. The summed E-state index contributed by atoms with van der Waals surface area (Å²) in [5.74, 6) is -0.0566. The number of nitrogens with two attached hydrogens (primary N) is 1. The van der Waals surface area contributed by atoms with Crippen LogP contribution in [0.15, 0.2) is 12.2 Å². The van der Waals surface area contributed by atoms with Crippen molar-refractivity contribution in [2.45, 2.75) is 64.3 Å². The first kappa shape index (κ1) is 14.2. The summed E-state index contributed by atoms with van der Waals surface area (Å²) in [6.45, 7) is 5.72. The van der Waals surface area contributed by atoms with Gasteiger partial charge in [0, 0.05) is 13.0 Å². The highest BCUT2D eigenvalue weighted by Gasteiger charge is 2.30. The summed E-state index contributed by atoms with van der Waals surface area (Å²) >= 11 is 0. The Hall–Kier alpha value is -0.870. The van der Waals surface area contributed by atoms with E-state index >= 15 is 0 Å². The predicted molar refractivity (Wildman–Crippen MR) is 68.6 cm³/mol. The van der Waals surface area contributed by atoms with Gasteiger partial charge in [-0.05, 0) is 19.3 Å². The van der Waals surface area contributed by atoms with E-state index in [2.05, 4.69) is 19.2 Å². The van der Waals surface area contributed by atoms with Gasteiger partial charge in [0.1, 0.15) is 0 Å². The first-order valence-corrected chi connectivity index (χ1v) is 6.43. The molecular weight excluding hydrogens is 216 g/mol. The van der Waals surface area contributed by atoms with Gasteiger partial charge in [0.2, 0.25) is 5.91 Å². The molecule has 1 rings (SSSR count). The third-order valence-electron chi connectivity index (χ3n) is 3.18. The van der Waals surface area contributed by atoms with Crippen molar-refractivity contribution in [2.24, 2.45) is 5.73 Å². The summed E-state index contributed by atoms with van der Waals surface area (Å²) < 4.78 is 5.99. The molecule has 0 spiro atoms. The van der Waals surface area contributed by atoms with E-state index in [0.717, 1.165) is 19.3 Å². The molecule has 98 valence electrons. The Balaban J connectivity index is 2.67. The summed E-state index contributed by atoms with van der Waals surface area (Å²) in [5, 5.41) is 2.89. The van der Waals surface area contributed by atoms with Gasteiger partial charge in [0.15, 0.2) is 0 Å². The zero-order chi connectivity index (χ0) is 12.8. The van der Waals surface area contributed by atoms with Crippen molar-refractivity contribution in [3.05, 3.63) is 12.2 Å². The second-order valence-electron chi connectivity index (χ2n) is 4.59. The van der Waals surface area contributed by atoms with Gasteiger partial charge in [-0.3, -0.25) is 4.79 Å². The van der Waals surface area contributed by atoms with E-state index in [9.17, 15) is 4.79 Å². The standard InChI is InChI=1S/C13H24N2O2/c1-4-10(5-2)17-12-8-6-7-11(14)13(12)15-9(3)16/h6,8,10-13H,4-5,7,14H2,1-3H3,(H,15,16). The number of nitrogens with one attached hydrogen (secondary N) is 1. The molecular formula is C13H24N2O2. The minimum Gasteiger partial charge on any atom is -0.369 e. The van der Waals surface area contributed by atoms with Crippen LogP contribution >= 0.6 is 0 Å². The Morgan fingerprint density at radius 1 is 1.53 bits per heavy atom. The maximum atomic E-state index is 11.2. The molecule has 3 atom stereocenters. The quantitative estimate of drug-likeness (QED) is 0.713. The van der Waals surface area contributed by atoms with Crippen molar-refractivity contribution in [1.82, 2.24) is 5.32 Å². The highest BCUT2D eigenvalue weighted by molar-refractivity contribution is 5.73. The van der Waals surface area contributed by atoms with Crippen LogP contribution in [0.2, 0.25) is 0 Å². The molecule has 1 amide bonds. The summed E-state index contributed by atoms with van der Waals surface area (Å²) in [4.78, 5) is 11.2. The predicted octanol–water partition coefficient (Wildman–Crippen LogP) is 1.35. The highest BCUT2D eigenvalue weighted by Crippen LogP contribution is 2.18. The van der Waals surface area contributed by atoms with E-state index in [1.165, 1.54) is 6.92 Å². The number of hydrogen-bond donors (Lipinski definition) is 2. The lowest BCUT2D eigenvalue weighted by Gasteiger charge is -2.35. The summed E-state index contributed by atoms with van der Waals surface area (Å²) in [6, 6.07) is -0.179. The normalized spacial score (nSPS) is 28.4. The Bertz CT molecular complexity index is 275. The van der Waals surface area contributed by atoms with Gasteiger partial charge in [-0.25, -0.2) is 0 Å². The van der Waals surface area contributed by atoms with Crippen molar-refractivity contribution >= 4 is 5.91 Å². The van der Waals surface area contributed by atoms with Crippen LogP contribution < -0.4 is 11.1 Å². The van der Waals surface area contributed by atoms with Gasteiger partial charge < -0.3 is 15.8 Å². The van der Waals surface area contributed by atoms with E-state index in [0.29, 0.717) is 0 Å². The molecule has 0 saturated carbocycles. The largest absolute Gasteiger partial charge is 0.369 e. The van der Waals surface area contributed by atoms with Crippen molar-refractivity contribution in [3.8, 4) is 0 Å². The van der Waals surface area contributed by atoms with Crippen LogP contribution in [0.4, 0.5) is 0 Å².